The van der Waals surface area contributed by atoms with Gasteiger partial charge in [0, 0.05) is 31.1 Å². The molecule has 3 heterocycles. The molecule has 36 heavy (non-hydrogen) atoms. The van der Waals surface area contributed by atoms with Crippen LogP contribution in [-0.2, 0) is 4.79 Å². The summed E-state index contributed by atoms with van der Waals surface area (Å²) in [5.74, 6) is 1.42. The quantitative estimate of drug-likeness (QED) is 0.474. The maximum absolute atomic E-state index is 12.8. The number of piperidine rings is 2. The molecule has 5 rings (SSSR count). The van der Waals surface area contributed by atoms with E-state index in [1.54, 1.807) is 6.20 Å². The summed E-state index contributed by atoms with van der Waals surface area (Å²) >= 11 is 6.51. The number of benzene rings is 2. The van der Waals surface area contributed by atoms with Crippen molar-refractivity contribution >= 4 is 23.5 Å². The van der Waals surface area contributed by atoms with E-state index in [2.05, 4.69) is 46.5 Å². The molecule has 1 amide bonds. The number of hydrogen-bond acceptors (Lipinski definition) is 5. The topological polar surface area (TPSA) is 61.4 Å². The SMILES string of the molecule is CN1CCC(CC(=O)N2CCC(Nc3ncc(Cl)c(-c4cccc(-c5ccccc5)c4)n3)CC2)CC1. The highest BCUT2D eigenvalue weighted by molar-refractivity contribution is 6.32. The fourth-order valence-corrected chi connectivity index (χ4v) is 5.41. The van der Waals surface area contributed by atoms with Gasteiger partial charge in [-0.3, -0.25) is 4.79 Å². The number of nitrogens with one attached hydrogen (secondary N) is 1. The Morgan fingerprint density at radius 3 is 2.39 bits per heavy atom. The Bertz CT molecular complexity index is 1170. The van der Waals surface area contributed by atoms with Crippen LogP contribution in [0, 0.1) is 5.92 Å². The molecule has 2 saturated heterocycles. The van der Waals surface area contributed by atoms with Crippen LogP contribution in [0.3, 0.4) is 0 Å². The molecule has 0 unspecified atom stereocenters. The highest BCUT2D eigenvalue weighted by Crippen LogP contribution is 2.30. The van der Waals surface area contributed by atoms with E-state index < -0.39 is 0 Å². The monoisotopic (exact) mass is 503 g/mol. The van der Waals surface area contributed by atoms with Crippen LogP contribution < -0.4 is 5.32 Å². The number of carbonyl (C=O) groups excluding carboxylic acids is 1. The van der Waals surface area contributed by atoms with Crippen molar-refractivity contribution in [1.82, 2.24) is 19.8 Å². The third-order valence-electron chi connectivity index (χ3n) is 7.47. The third-order valence-corrected chi connectivity index (χ3v) is 7.75. The number of hydrogen-bond donors (Lipinski definition) is 1. The molecule has 6 nitrogen and oxygen atoms in total. The van der Waals surface area contributed by atoms with Crippen molar-refractivity contribution in [1.29, 1.82) is 0 Å². The van der Waals surface area contributed by atoms with Gasteiger partial charge in [0.1, 0.15) is 0 Å². The summed E-state index contributed by atoms with van der Waals surface area (Å²) in [6.45, 7) is 3.76. The molecule has 2 aliphatic rings. The van der Waals surface area contributed by atoms with Gasteiger partial charge in [-0.15, -0.1) is 0 Å². The van der Waals surface area contributed by atoms with Gasteiger partial charge >= 0.3 is 0 Å². The number of likely N-dealkylation sites (tertiary alicyclic amines) is 2. The summed E-state index contributed by atoms with van der Waals surface area (Å²) in [5.41, 5.74) is 3.95. The molecule has 0 saturated carbocycles. The first-order chi connectivity index (χ1) is 17.5. The number of rotatable bonds is 6. The number of aromatic nitrogens is 2. The van der Waals surface area contributed by atoms with Crippen LogP contribution in [0.1, 0.15) is 32.1 Å². The van der Waals surface area contributed by atoms with Crippen LogP contribution in [0.4, 0.5) is 5.95 Å². The van der Waals surface area contributed by atoms with Gasteiger partial charge in [0.05, 0.1) is 16.9 Å². The predicted octanol–water partition coefficient (Wildman–Crippen LogP) is 5.60. The van der Waals surface area contributed by atoms with Crippen molar-refractivity contribution in [3.8, 4) is 22.4 Å². The molecule has 2 aromatic carbocycles. The summed E-state index contributed by atoms with van der Waals surface area (Å²) in [5, 5.41) is 4.01. The molecule has 0 bridgehead atoms. The molecule has 0 spiro atoms. The van der Waals surface area contributed by atoms with Crippen molar-refractivity contribution in [3.63, 3.8) is 0 Å². The van der Waals surface area contributed by atoms with Crippen LogP contribution in [0.25, 0.3) is 22.4 Å². The molecule has 1 N–H and O–H groups in total. The first kappa shape index (κ1) is 24.7. The van der Waals surface area contributed by atoms with Gasteiger partial charge in [0.15, 0.2) is 0 Å². The maximum atomic E-state index is 12.8. The van der Waals surface area contributed by atoms with Crippen molar-refractivity contribution in [2.45, 2.75) is 38.1 Å². The molecule has 188 valence electrons. The second-order valence-electron chi connectivity index (χ2n) is 10.1. The lowest BCUT2D eigenvalue weighted by Gasteiger charge is -2.34. The summed E-state index contributed by atoms with van der Waals surface area (Å²) in [6.07, 6.45) is 6.41. The Morgan fingerprint density at radius 1 is 0.944 bits per heavy atom. The van der Waals surface area contributed by atoms with Crippen LogP contribution in [-0.4, -0.2) is 64.9 Å². The average molecular weight is 504 g/mol. The van der Waals surface area contributed by atoms with E-state index >= 15 is 0 Å². The van der Waals surface area contributed by atoms with Gasteiger partial charge in [0.2, 0.25) is 11.9 Å². The molecule has 7 heteroatoms. The zero-order valence-corrected chi connectivity index (χ0v) is 21.6. The molecule has 0 atom stereocenters. The van der Waals surface area contributed by atoms with Gasteiger partial charge in [-0.05, 0) is 68.9 Å². The number of anilines is 1. The molecule has 2 aliphatic heterocycles. The number of amides is 1. The van der Waals surface area contributed by atoms with E-state index in [1.807, 2.05) is 35.2 Å². The average Bonchev–Trinajstić information content (AvgIpc) is 2.92. The fraction of sp³-hybridized carbons (Fsp3) is 0.414. The third kappa shape index (κ3) is 6.05. The first-order valence-corrected chi connectivity index (χ1v) is 13.3. The van der Waals surface area contributed by atoms with Crippen LogP contribution in [0.5, 0.6) is 0 Å². The normalized spacial score (nSPS) is 17.8. The zero-order valence-electron chi connectivity index (χ0n) is 20.9. The molecular formula is C29H34ClN5O. The second-order valence-corrected chi connectivity index (χ2v) is 10.5. The molecule has 1 aromatic heterocycles. The van der Waals surface area contributed by atoms with E-state index in [0.717, 1.165) is 74.2 Å². The van der Waals surface area contributed by atoms with Crippen LogP contribution in [0.2, 0.25) is 5.02 Å². The van der Waals surface area contributed by atoms with Crippen molar-refractivity contribution in [2.75, 3.05) is 38.5 Å². The van der Waals surface area contributed by atoms with Crippen molar-refractivity contribution in [2.24, 2.45) is 5.92 Å². The molecule has 0 aliphatic carbocycles. The molecule has 3 aromatic rings. The van der Waals surface area contributed by atoms with Gasteiger partial charge in [-0.25, -0.2) is 9.97 Å². The summed E-state index contributed by atoms with van der Waals surface area (Å²) < 4.78 is 0. The molecular weight excluding hydrogens is 470 g/mol. The largest absolute Gasteiger partial charge is 0.351 e. The highest BCUT2D eigenvalue weighted by Gasteiger charge is 2.26. The van der Waals surface area contributed by atoms with Gasteiger partial charge < -0.3 is 15.1 Å². The predicted molar refractivity (Wildman–Crippen MR) is 146 cm³/mol. The lowest BCUT2D eigenvalue weighted by atomic mass is 9.92. The Kier molecular flexibility index (Phi) is 7.83. The van der Waals surface area contributed by atoms with Gasteiger partial charge in [-0.1, -0.05) is 60.1 Å². The molecule has 0 radical (unpaired) electrons. The Hall–Kier alpha value is -2.96. The van der Waals surface area contributed by atoms with Crippen LogP contribution >= 0.6 is 11.6 Å². The highest BCUT2D eigenvalue weighted by atomic mass is 35.5. The smallest absolute Gasteiger partial charge is 0.223 e. The van der Waals surface area contributed by atoms with Crippen molar-refractivity contribution in [3.05, 3.63) is 65.8 Å². The summed E-state index contributed by atoms with van der Waals surface area (Å²) in [4.78, 5) is 26.4. The fourth-order valence-electron chi connectivity index (χ4n) is 5.21. The standard InChI is InChI=1S/C29H34ClN5O/c1-34-14-10-21(11-15-34)18-27(36)35-16-12-25(13-17-35)32-29-31-20-26(30)28(33-29)24-9-5-8-23(19-24)22-6-3-2-4-7-22/h2-9,19-21,25H,10-18H2,1H3,(H,31,32,33). The first-order valence-electron chi connectivity index (χ1n) is 13.0. The lowest BCUT2D eigenvalue weighted by molar-refractivity contribution is -0.133. The molecule has 2 fully saturated rings. The number of carbonyl (C=O) groups is 1. The van der Waals surface area contributed by atoms with Gasteiger partial charge in [0.25, 0.3) is 0 Å². The minimum absolute atomic E-state index is 0.238. The second kappa shape index (κ2) is 11.4. The Morgan fingerprint density at radius 2 is 1.64 bits per heavy atom. The number of halogens is 1. The minimum Gasteiger partial charge on any atom is -0.351 e. The van der Waals surface area contributed by atoms with E-state index in [0.29, 0.717) is 29.2 Å². The summed E-state index contributed by atoms with van der Waals surface area (Å²) in [6, 6.07) is 18.8. The van der Waals surface area contributed by atoms with E-state index in [9.17, 15) is 4.79 Å². The van der Waals surface area contributed by atoms with Crippen LogP contribution in [0.15, 0.2) is 60.8 Å². The minimum atomic E-state index is 0.238. The lowest BCUT2D eigenvalue weighted by Crippen LogP contribution is -2.43. The Labute approximate surface area is 218 Å². The number of nitrogens with zero attached hydrogens (tertiary/aromatic N) is 4. The zero-order chi connectivity index (χ0) is 24.9. The van der Waals surface area contributed by atoms with E-state index in [1.165, 1.54) is 0 Å². The summed E-state index contributed by atoms with van der Waals surface area (Å²) in [7, 11) is 2.16. The van der Waals surface area contributed by atoms with E-state index in [4.69, 9.17) is 16.6 Å². The van der Waals surface area contributed by atoms with Gasteiger partial charge in [-0.2, -0.15) is 0 Å². The van der Waals surface area contributed by atoms with E-state index in [-0.39, 0.29) is 6.04 Å². The Balaban J connectivity index is 1.19. The maximum Gasteiger partial charge on any atom is 0.223 e. The van der Waals surface area contributed by atoms with Crippen molar-refractivity contribution < 1.29 is 4.79 Å².